The Labute approximate surface area is 207 Å². The predicted octanol–water partition coefficient (Wildman–Crippen LogP) is 7.80. The van der Waals surface area contributed by atoms with Gasteiger partial charge in [0.2, 0.25) is 0 Å². The number of hydrogen-bond acceptors (Lipinski definition) is 6. The quantitative estimate of drug-likeness (QED) is 0.122. The van der Waals surface area contributed by atoms with E-state index in [0.717, 1.165) is 55.0 Å². The van der Waals surface area contributed by atoms with Crippen LogP contribution < -0.4 is 0 Å². The van der Waals surface area contributed by atoms with Gasteiger partial charge in [-0.25, -0.2) is 4.79 Å². The van der Waals surface area contributed by atoms with E-state index >= 15 is 0 Å². The molecule has 0 fully saturated rings. The summed E-state index contributed by atoms with van der Waals surface area (Å²) in [4.78, 5) is 33.7. The molecule has 8 heteroatoms. The zero-order valence-electron chi connectivity index (χ0n) is 21.5. The number of non-ortho nitro benzene ring substituents is 2. The molecule has 0 saturated heterocycles. The highest BCUT2D eigenvalue weighted by Crippen LogP contribution is 2.24. The third-order valence-electron chi connectivity index (χ3n) is 5.17. The fourth-order valence-electron chi connectivity index (χ4n) is 3.28. The van der Waals surface area contributed by atoms with Gasteiger partial charge in [0.1, 0.15) is 6.10 Å². The molecule has 1 aromatic carbocycles. The molecule has 8 nitrogen and oxygen atoms in total. The second-order valence-electron chi connectivity index (χ2n) is 9.14. The van der Waals surface area contributed by atoms with Crippen LogP contribution in [0, 0.1) is 20.2 Å². The Morgan fingerprint density at radius 3 is 1.77 bits per heavy atom. The number of benzene rings is 1. The summed E-state index contributed by atoms with van der Waals surface area (Å²) in [6.07, 6.45) is 11.5. The van der Waals surface area contributed by atoms with Crippen LogP contribution in [0.5, 0.6) is 0 Å². The first-order chi connectivity index (χ1) is 16.4. The first kappa shape index (κ1) is 29.5. The van der Waals surface area contributed by atoms with Crippen LogP contribution >= 0.6 is 0 Å². The lowest BCUT2D eigenvalue weighted by Crippen LogP contribution is -2.17. The van der Waals surface area contributed by atoms with Crippen LogP contribution in [0.3, 0.4) is 0 Å². The minimum atomic E-state index is -0.842. The topological polar surface area (TPSA) is 113 Å². The van der Waals surface area contributed by atoms with Gasteiger partial charge < -0.3 is 4.74 Å². The van der Waals surface area contributed by atoms with E-state index in [2.05, 4.69) is 26.0 Å². The fourth-order valence-corrected chi connectivity index (χ4v) is 3.28. The molecule has 0 aliphatic rings. The SMILES string of the molecule is CC(C)=CCC/C(C)=C/CC(/C=C(\C)CCC=C(C)C)OC(=O)c1cc([N+](=O)[O-])cc([N+](=O)[O-])c1. The molecule has 35 heavy (non-hydrogen) atoms. The van der Waals surface area contributed by atoms with Gasteiger partial charge in [0, 0.05) is 18.6 Å². The van der Waals surface area contributed by atoms with E-state index in [0.29, 0.717) is 6.42 Å². The zero-order chi connectivity index (χ0) is 26.5. The highest BCUT2D eigenvalue weighted by atomic mass is 16.6. The summed E-state index contributed by atoms with van der Waals surface area (Å²) < 4.78 is 5.66. The molecule has 1 rings (SSSR count). The van der Waals surface area contributed by atoms with Crippen LogP contribution in [0.25, 0.3) is 0 Å². The van der Waals surface area contributed by atoms with Crippen LogP contribution in [0.15, 0.2) is 64.8 Å². The summed E-state index contributed by atoms with van der Waals surface area (Å²) >= 11 is 0. The molecule has 1 aromatic rings. The minimum Gasteiger partial charge on any atom is -0.454 e. The van der Waals surface area contributed by atoms with Crippen LogP contribution in [-0.4, -0.2) is 21.9 Å². The van der Waals surface area contributed by atoms with Crippen molar-refractivity contribution in [2.45, 2.75) is 79.8 Å². The first-order valence-electron chi connectivity index (χ1n) is 11.6. The molecule has 0 amide bonds. The molecule has 0 aromatic heterocycles. The molecular weight excluding hydrogens is 448 g/mol. The van der Waals surface area contributed by atoms with Crippen molar-refractivity contribution < 1.29 is 19.4 Å². The van der Waals surface area contributed by atoms with E-state index in [1.807, 2.05) is 39.8 Å². The van der Waals surface area contributed by atoms with Gasteiger partial charge in [0.05, 0.1) is 21.5 Å². The highest BCUT2D eigenvalue weighted by molar-refractivity contribution is 5.91. The molecule has 1 unspecified atom stereocenters. The van der Waals surface area contributed by atoms with Crippen molar-refractivity contribution in [3.05, 3.63) is 90.6 Å². The van der Waals surface area contributed by atoms with Gasteiger partial charge in [0.15, 0.2) is 0 Å². The van der Waals surface area contributed by atoms with Crippen molar-refractivity contribution in [3.63, 3.8) is 0 Å². The monoisotopic (exact) mass is 484 g/mol. The van der Waals surface area contributed by atoms with E-state index in [1.165, 1.54) is 11.1 Å². The molecule has 0 spiro atoms. The Kier molecular flexibility index (Phi) is 12.3. The third kappa shape index (κ3) is 11.9. The van der Waals surface area contributed by atoms with Crippen molar-refractivity contribution in [2.24, 2.45) is 0 Å². The number of carbonyl (C=O) groups excluding carboxylic acids is 1. The van der Waals surface area contributed by atoms with Crippen molar-refractivity contribution >= 4 is 17.3 Å². The third-order valence-corrected chi connectivity index (χ3v) is 5.17. The summed E-state index contributed by atoms with van der Waals surface area (Å²) in [5, 5.41) is 22.4. The maximum atomic E-state index is 12.8. The van der Waals surface area contributed by atoms with Crippen molar-refractivity contribution in [3.8, 4) is 0 Å². The lowest BCUT2D eigenvalue weighted by Gasteiger charge is -2.15. The Balaban J connectivity index is 3.15. The highest BCUT2D eigenvalue weighted by Gasteiger charge is 2.22. The molecule has 0 N–H and O–H groups in total. The Morgan fingerprint density at radius 2 is 1.31 bits per heavy atom. The molecule has 0 heterocycles. The molecule has 0 bridgehead atoms. The van der Waals surface area contributed by atoms with E-state index in [9.17, 15) is 25.0 Å². The number of nitrogens with zero attached hydrogens (tertiary/aromatic N) is 2. The second-order valence-corrected chi connectivity index (χ2v) is 9.14. The molecule has 0 aliphatic carbocycles. The number of esters is 1. The van der Waals surface area contributed by atoms with Gasteiger partial charge in [-0.3, -0.25) is 20.2 Å². The number of allylic oxidation sites excluding steroid dienone is 6. The largest absolute Gasteiger partial charge is 0.454 e. The molecule has 190 valence electrons. The van der Waals surface area contributed by atoms with Crippen LogP contribution in [-0.2, 0) is 4.74 Å². The Hall–Kier alpha value is -3.55. The fraction of sp³-hybridized carbons (Fsp3) is 0.444. The number of hydrogen-bond donors (Lipinski definition) is 0. The standard InChI is InChI=1S/C27H36N2O6/c1-19(2)9-7-11-21(5)13-14-26(15-22(6)12-8-10-20(3)4)35-27(30)23-16-24(28(31)32)18-25(17-23)29(33)34/h9-10,13,15-18,26H,7-8,11-12,14H2,1-6H3/b21-13+,22-15+. The molecule has 0 radical (unpaired) electrons. The van der Waals surface area contributed by atoms with Crippen molar-refractivity contribution in [2.75, 3.05) is 0 Å². The lowest BCUT2D eigenvalue weighted by atomic mass is 10.0. The van der Waals surface area contributed by atoms with E-state index in [4.69, 9.17) is 4.74 Å². The normalized spacial score (nSPS) is 12.5. The van der Waals surface area contributed by atoms with Gasteiger partial charge in [-0.15, -0.1) is 0 Å². The van der Waals surface area contributed by atoms with Crippen molar-refractivity contribution in [1.82, 2.24) is 0 Å². The van der Waals surface area contributed by atoms with Crippen LogP contribution in [0.2, 0.25) is 0 Å². The van der Waals surface area contributed by atoms with Crippen molar-refractivity contribution in [1.29, 1.82) is 0 Å². The summed E-state index contributed by atoms with van der Waals surface area (Å²) in [6, 6.07) is 2.82. The van der Waals surface area contributed by atoms with Crippen LogP contribution in [0.1, 0.15) is 84.0 Å². The second kappa shape index (κ2) is 14.7. The summed E-state index contributed by atoms with van der Waals surface area (Å²) in [6.45, 7) is 12.1. The summed E-state index contributed by atoms with van der Waals surface area (Å²) in [7, 11) is 0. The first-order valence-corrected chi connectivity index (χ1v) is 11.6. The maximum absolute atomic E-state index is 12.8. The lowest BCUT2D eigenvalue weighted by molar-refractivity contribution is -0.394. The number of rotatable bonds is 13. The van der Waals surface area contributed by atoms with Gasteiger partial charge in [-0.2, -0.15) is 0 Å². The van der Waals surface area contributed by atoms with Gasteiger partial charge in [-0.05, 0) is 73.3 Å². The Morgan fingerprint density at radius 1 is 0.829 bits per heavy atom. The van der Waals surface area contributed by atoms with E-state index < -0.39 is 33.3 Å². The van der Waals surface area contributed by atoms with Gasteiger partial charge in [-0.1, -0.05) is 40.5 Å². The summed E-state index contributed by atoms with van der Waals surface area (Å²) in [5.41, 5.74) is 3.38. The molecule has 0 aliphatic heterocycles. The molecule has 0 saturated carbocycles. The smallest absolute Gasteiger partial charge is 0.339 e. The van der Waals surface area contributed by atoms with Gasteiger partial charge >= 0.3 is 5.97 Å². The van der Waals surface area contributed by atoms with E-state index in [-0.39, 0.29) is 5.56 Å². The maximum Gasteiger partial charge on any atom is 0.339 e. The number of carbonyl (C=O) groups is 1. The molecular formula is C27H36N2O6. The Bertz CT molecular complexity index is 1010. The summed E-state index contributed by atoms with van der Waals surface area (Å²) in [5.74, 6) is -0.842. The predicted molar refractivity (Wildman–Crippen MR) is 138 cm³/mol. The van der Waals surface area contributed by atoms with E-state index in [1.54, 1.807) is 0 Å². The average Bonchev–Trinajstić information content (AvgIpc) is 2.76. The number of nitro benzene ring substituents is 2. The minimum absolute atomic E-state index is 0.226. The average molecular weight is 485 g/mol. The molecule has 1 atom stereocenters. The number of ether oxygens (including phenoxy) is 1. The van der Waals surface area contributed by atoms with Crippen LogP contribution in [0.4, 0.5) is 11.4 Å². The van der Waals surface area contributed by atoms with Gasteiger partial charge in [0.25, 0.3) is 11.4 Å². The zero-order valence-corrected chi connectivity index (χ0v) is 21.5. The number of nitro groups is 2.